The summed E-state index contributed by atoms with van der Waals surface area (Å²) in [5.74, 6) is 1.10. The van der Waals surface area contributed by atoms with E-state index >= 15 is 0 Å². The van der Waals surface area contributed by atoms with E-state index in [1.165, 1.54) is 21.0 Å². The molecule has 0 atom stereocenters. The Morgan fingerprint density at radius 1 is 1.22 bits per heavy atom. The molecule has 1 rings (SSSR count). The molecular weight excluding hydrogens is 233 g/mol. The third-order valence-electron chi connectivity index (χ3n) is 2.63. The van der Waals surface area contributed by atoms with Gasteiger partial charge in [-0.25, -0.2) is 4.39 Å². The van der Waals surface area contributed by atoms with Gasteiger partial charge in [0.2, 0.25) is 0 Å². The Kier molecular flexibility index (Phi) is 4.73. The predicted molar refractivity (Wildman–Crippen MR) is 71.8 cm³/mol. The molecule has 3 nitrogen and oxygen atoms in total. The van der Waals surface area contributed by atoms with Crippen molar-refractivity contribution in [3.8, 4) is 11.5 Å². The van der Waals surface area contributed by atoms with Gasteiger partial charge in [0.25, 0.3) is 0 Å². The van der Waals surface area contributed by atoms with Crippen LogP contribution in [0.4, 0.5) is 4.39 Å². The quantitative estimate of drug-likeness (QED) is 0.877. The monoisotopic (exact) mass is 253 g/mol. The molecule has 0 radical (unpaired) electrons. The lowest BCUT2D eigenvalue weighted by Gasteiger charge is -2.20. The van der Waals surface area contributed by atoms with Crippen LogP contribution in [0, 0.1) is 0 Å². The first kappa shape index (κ1) is 14.5. The summed E-state index contributed by atoms with van der Waals surface area (Å²) in [4.78, 5) is 0. The van der Waals surface area contributed by atoms with Gasteiger partial charge in [0.1, 0.15) is 17.2 Å². The third kappa shape index (κ3) is 3.23. The van der Waals surface area contributed by atoms with Crippen molar-refractivity contribution in [3.63, 3.8) is 0 Å². The smallest absolute Gasteiger partial charge is 0.134 e. The first-order chi connectivity index (χ1) is 8.43. The molecule has 4 heteroatoms. The van der Waals surface area contributed by atoms with E-state index in [4.69, 9.17) is 15.2 Å². The number of rotatable bonds is 5. The van der Waals surface area contributed by atoms with E-state index < -0.39 is 5.67 Å². The SMILES string of the molecule is COc1cc(C(C)(C)F)c(OC)cc1/C=C/CN. The molecule has 1 aromatic carbocycles. The largest absolute Gasteiger partial charge is 0.496 e. The minimum absolute atomic E-state index is 0.432. The zero-order valence-electron chi connectivity index (χ0n) is 11.3. The molecule has 0 amide bonds. The maximum Gasteiger partial charge on any atom is 0.134 e. The molecule has 0 aliphatic rings. The highest BCUT2D eigenvalue weighted by molar-refractivity contribution is 5.62. The number of benzene rings is 1. The van der Waals surface area contributed by atoms with Gasteiger partial charge < -0.3 is 15.2 Å². The normalized spacial score (nSPS) is 11.9. The topological polar surface area (TPSA) is 44.5 Å². The number of hydrogen-bond donors (Lipinski definition) is 1. The molecule has 0 aromatic heterocycles. The predicted octanol–water partition coefficient (Wildman–Crippen LogP) is 2.88. The van der Waals surface area contributed by atoms with E-state index in [2.05, 4.69) is 0 Å². The Morgan fingerprint density at radius 3 is 2.28 bits per heavy atom. The molecule has 100 valence electrons. The second-order valence-electron chi connectivity index (χ2n) is 4.40. The Labute approximate surface area is 107 Å². The van der Waals surface area contributed by atoms with Crippen LogP contribution in [0.5, 0.6) is 11.5 Å². The Hall–Kier alpha value is -1.55. The zero-order chi connectivity index (χ0) is 13.8. The number of alkyl halides is 1. The van der Waals surface area contributed by atoms with Crippen LogP contribution >= 0.6 is 0 Å². The van der Waals surface area contributed by atoms with Crippen LogP contribution in [-0.4, -0.2) is 20.8 Å². The van der Waals surface area contributed by atoms with Gasteiger partial charge in [0.05, 0.1) is 14.2 Å². The molecule has 0 saturated carbocycles. The highest BCUT2D eigenvalue weighted by atomic mass is 19.1. The standard InChI is InChI=1S/C14H20FNO2/c1-14(2,15)11-9-12(17-3)10(6-5-7-16)8-13(11)18-4/h5-6,8-9H,7,16H2,1-4H3/b6-5+. The molecule has 1 aromatic rings. The van der Waals surface area contributed by atoms with Crippen molar-refractivity contribution in [2.75, 3.05) is 20.8 Å². The number of halogens is 1. The number of methoxy groups -OCH3 is 2. The summed E-state index contributed by atoms with van der Waals surface area (Å²) in [5, 5.41) is 0. The molecule has 18 heavy (non-hydrogen) atoms. The summed E-state index contributed by atoms with van der Waals surface area (Å²) in [5.41, 5.74) is 5.20. The second-order valence-corrected chi connectivity index (χ2v) is 4.40. The van der Waals surface area contributed by atoms with E-state index in [-0.39, 0.29) is 0 Å². The minimum Gasteiger partial charge on any atom is -0.496 e. The summed E-state index contributed by atoms with van der Waals surface area (Å²) < 4.78 is 24.6. The highest BCUT2D eigenvalue weighted by Gasteiger charge is 2.25. The Balaban J connectivity index is 3.37. The van der Waals surface area contributed by atoms with Gasteiger partial charge in [0.15, 0.2) is 0 Å². The average molecular weight is 253 g/mol. The number of hydrogen-bond acceptors (Lipinski definition) is 3. The van der Waals surface area contributed by atoms with Crippen LogP contribution in [0.25, 0.3) is 6.08 Å². The first-order valence-electron chi connectivity index (χ1n) is 5.76. The summed E-state index contributed by atoms with van der Waals surface area (Å²) in [6, 6.07) is 3.41. The van der Waals surface area contributed by atoms with Crippen LogP contribution in [0.1, 0.15) is 25.0 Å². The van der Waals surface area contributed by atoms with Gasteiger partial charge in [-0.2, -0.15) is 0 Å². The summed E-state index contributed by atoms with van der Waals surface area (Å²) >= 11 is 0. The summed E-state index contributed by atoms with van der Waals surface area (Å²) in [6.07, 6.45) is 3.63. The fourth-order valence-corrected chi connectivity index (χ4v) is 1.71. The zero-order valence-corrected chi connectivity index (χ0v) is 11.3. The van der Waals surface area contributed by atoms with Gasteiger partial charge in [-0.15, -0.1) is 0 Å². The number of ether oxygens (including phenoxy) is 2. The average Bonchev–Trinajstić information content (AvgIpc) is 2.33. The van der Waals surface area contributed by atoms with Crippen LogP contribution in [0.3, 0.4) is 0 Å². The molecule has 0 fully saturated rings. The van der Waals surface area contributed by atoms with Crippen LogP contribution in [0.15, 0.2) is 18.2 Å². The third-order valence-corrected chi connectivity index (χ3v) is 2.63. The highest BCUT2D eigenvalue weighted by Crippen LogP contribution is 2.38. The molecular formula is C14H20FNO2. The van der Waals surface area contributed by atoms with E-state index in [0.29, 0.717) is 23.6 Å². The molecule has 0 saturated heterocycles. The van der Waals surface area contributed by atoms with E-state index in [9.17, 15) is 4.39 Å². The molecule has 2 N–H and O–H groups in total. The fourth-order valence-electron chi connectivity index (χ4n) is 1.71. The van der Waals surface area contributed by atoms with Crippen LogP contribution in [-0.2, 0) is 5.67 Å². The van der Waals surface area contributed by atoms with Crippen molar-refractivity contribution in [1.29, 1.82) is 0 Å². The van der Waals surface area contributed by atoms with Gasteiger partial charge in [-0.05, 0) is 26.0 Å². The van der Waals surface area contributed by atoms with Crippen molar-refractivity contribution in [3.05, 3.63) is 29.3 Å². The van der Waals surface area contributed by atoms with Crippen molar-refractivity contribution >= 4 is 6.08 Å². The number of nitrogens with two attached hydrogens (primary N) is 1. The van der Waals surface area contributed by atoms with Gasteiger partial charge in [-0.1, -0.05) is 12.2 Å². The summed E-state index contributed by atoms with van der Waals surface area (Å²) in [6.45, 7) is 3.40. The van der Waals surface area contributed by atoms with Gasteiger partial charge in [-0.3, -0.25) is 0 Å². The van der Waals surface area contributed by atoms with Crippen LogP contribution < -0.4 is 15.2 Å². The summed E-state index contributed by atoms with van der Waals surface area (Å²) in [7, 11) is 3.07. The lowest BCUT2D eigenvalue weighted by Crippen LogP contribution is -2.11. The lowest BCUT2D eigenvalue weighted by atomic mass is 9.96. The maximum absolute atomic E-state index is 14.1. The van der Waals surface area contributed by atoms with Crippen molar-refractivity contribution in [1.82, 2.24) is 0 Å². The molecule has 0 unspecified atom stereocenters. The van der Waals surface area contributed by atoms with Gasteiger partial charge >= 0.3 is 0 Å². The fraction of sp³-hybridized carbons (Fsp3) is 0.429. The Bertz CT molecular complexity index is 436. The molecule has 0 aliphatic carbocycles. The molecule has 0 heterocycles. The van der Waals surface area contributed by atoms with E-state index in [1.54, 1.807) is 25.3 Å². The Morgan fingerprint density at radius 2 is 1.83 bits per heavy atom. The van der Waals surface area contributed by atoms with Crippen molar-refractivity contribution in [2.24, 2.45) is 5.73 Å². The van der Waals surface area contributed by atoms with E-state index in [1.807, 2.05) is 6.08 Å². The maximum atomic E-state index is 14.1. The molecule has 0 spiro atoms. The second kappa shape index (κ2) is 5.87. The minimum atomic E-state index is -1.49. The van der Waals surface area contributed by atoms with Crippen molar-refractivity contribution in [2.45, 2.75) is 19.5 Å². The van der Waals surface area contributed by atoms with Crippen LogP contribution in [0.2, 0.25) is 0 Å². The molecule has 0 bridgehead atoms. The molecule has 0 aliphatic heterocycles. The van der Waals surface area contributed by atoms with Crippen molar-refractivity contribution < 1.29 is 13.9 Å². The lowest BCUT2D eigenvalue weighted by molar-refractivity contribution is 0.212. The van der Waals surface area contributed by atoms with E-state index in [0.717, 1.165) is 5.56 Å². The first-order valence-corrected chi connectivity index (χ1v) is 5.76. The van der Waals surface area contributed by atoms with Gasteiger partial charge in [0, 0.05) is 17.7 Å².